The second-order valence-corrected chi connectivity index (χ2v) is 5.32. The van der Waals surface area contributed by atoms with Crippen molar-refractivity contribution in [3.8, 4) is 0 Å². The van der Waals surface area contributed by atoms with Gasteiger partial charge in [-0.1, -0.05) is 6.07 Å². The standard InChI is InChI=1S/C16H22FN3O3/c1-4-20(10-14(21)19-11(2)3)15(22)9-18-16(23)12-6-5-7-13(17)8-12/h5-8,11H,4,9-10H2,1-3H3,(H,18,23)(H,19,21). The maximum absolute atomic E-state index is 13.1. The monoisotopic (exact) mass is 323 g/mol. The topological polar surface area (TPSA) is 78.5 Å². The van der Waals surface area contributed by atoms with Crippen molar-refractivity contribution >= 4 is 17.7 Å². The van der Waals surface area contributed by atoms with E-state index in [2.05, 4.69) is 10.6 Å². The Hall–Kier alpha value is -2.44. The summed E-state index contributed by atoms with van der Waals surface area (Å²) in [7, 11) is 0. The lowest BCUT2D eigenvalue weighted by Gasteiger charge is -2.21. The average molecular weight is 323 g/mol. The molecule has 0 saturated heterocycles. The summed E-state index contributed by atoms with van der Waals surface area (Å²) in [5.41, 5.74) is 0.137. The Bertz CT molecular complexity index is 575. The van der Waals surface area contributed by atoms with Crippen LogP contribution in [0.25, 0.3) is 0 Å². The number of rotatable bonds is 7. The molecule has 0 spiro atoms. The first kappa shape index (κ1) is 18.6. The van der Waals surface area contributed by atoms with Crippen molar-refractivity contribution in [2.45, 2.75) is 26.8 Å². The van der Waals surface area contributed by atoms with Crippen LogP contribution in [-0.4, -0.2) is 48.3 Å². The van der Waals surface area contributed by atoms with Gasteiger partial charge in [-0.15, -0.1) is 0 Å². The van der Waals surface area contributed by atoms with Crippen molar-refractivity contribution in [2.75, 3.05) is 19.6 Å². The molecule has 0 atom stereocenters. The van der Waals surface area contributed by atoms with Crippen molar-refractivity contribution in [1.82, 2.24) is 15.5 Å². The smallest absolute Gasteiger partial charge is 0.251 e. The highest BCUT2D eigenvalue weighted by Crippen LogP contribution is 2.03. The van der Waals surface area contributed by atoms with Crippen LogP contribution in [-0.2, 0) is 9.59 Å². The lowest BCUT2D eigenvalue weighted by Crippen LogP contribution is -2.46. The molecule has 0 aliphatic heterocycles. The second-order valence-electron chi connectivity index (χ2n) is 5.32. The van der Waals surface area contributed by atoms with E-state index in [1.165, 1.54) is 23.1 Å². The number of likely N-dealkylation sites (N-methyl/N-ethyl adjacent to an activating group) is 1. The molecule has 0 fully saturated rings. The van der Waals surface area contributed by atoms with Gasteiger partial charge in [0.25, 0.3) is 5.91 Å². The third-order valence-corrected chi connectivity index (χ3v) is 3.01. The van der Waals surface area contributed by atoms with Crippen LogP contribution < -0.4 is 10.6 Å². The fourth-order valence-corrected chi connectivity index (χ4v) is 1.92. The average Bonchev–Trinajstić information content (AvgIpc) is 2.49. The van der Waals surface area contributed by atoms with Gasteiger partial charge in [0.05, 0.1) is 13.1 Å². The van der Waals surface area contributed by atoms with Crippen LogP contribution in [0.5, 0.6) is 0 Å². The largest absolute Gasteiger partial charge is 0.352 e. The van der Waals surface area contributed by atoms with E-state index in [0.29, 0.717) is 6.54 Å². The molecule has 0 aromatic heterocycles. The number of nitrogens with one attached hydrogen (secondary N) is 2. The van der Waals surface area contributed by atoms with Gasteiger partial charge in [0.15, 0.2) is 0 Å². The van der Waals surface area contributed by atoms with Gasteiger partial charge in [-0.25, -0.2) is 4.39 Å². The van der Waals surface area contributed by atoms with Crippen molar-refractivity contribution in [3.05, 3.63) is 35.6 Å². The van der Waals surface area contributed by atoms with E-state index < -0.39 is 11.7 Å². The van der Waals surface area contributed by atoms with E-state index in [-0.39, 0.29) is 36.5 Å². The van der Waals surface area contributed by atoms with Crippen LogP contribution in [0.4, 0.5) is 4.39 Å². The Morgan fingerprint density at radius 1 is 1.26 bits per heavy atom. The summed E-state index contributed by atoms with van der Waals surface area (Å²) in [5, 5.41) is 5.12. The molecule has 3 amide bonds. The van der Waals surface area contributed by atoms with Crippen LogP contribution in [0.15, 0.2) is 24.3 Å². The fraction of sp³-hybridized carbons (Fsp3) is 0.438. The molecule has 0 aliphatic rings. The van der Waals surface area contributed by atoms with Crippen LogP contribution in [0.2, 0.25) is 0 Å². The number of halogens is 1. The number of hydrogen-bond acceptors (Lipinski definition) is 3. The lowest BCUT2D eigenvalue weighted by atomic mass is 10.2. The summed E-state index contributed by atoms with van der Waals surface area (Å²) in [6.07, 6.45) is 0. The van der Waals surface area contributed by atoms with E-state index in [0.717, 1.165) is 6.07 Å². The normalized spacial score (nSPS) is 10.3. The Morgan fingerprint density at radius 2 is 1.96 bits per heavy atom. The number of nitrogens with zero attached hydrogens (tertiary/aromatic N) is 1. The first-order valence-corrected chi connectivity index (χ1v) is 7.44. The maximum atomic E-state index is 13.1. The predicted molar refractivity (Wildman–Crippen MR) is 84.3 cm³/mol. The highest BCUT2D eigenvalue weighted by Gasteiger charge is 2.17. The minimum Gasteiger partial charge on any atom is -0.352 e. The third-order valence-electron chi connectivity index (χ3n) is 3.01. The molecule has 0 aliphatic carbocycles. The van der Waals surface area contributed by atoms with Crippen LogP contribution in [0.3, 0.4) is 0 Å². The molecule has 0 heterocycles. The van der Waals surface area contributed by atoms with Gasteiger partial charge in [-0.3, -0.25) is 14.4 Å². The molecule has 0 bridgehead atoms. The molecule has 0 radical (unpaired) electrons. The minimum absolute atomic E-state index is 0.0102. The zero-order chi connectivity index (χ0) is 17.4. The van der Waals surface area contributed by atoms with Gasteiger partial charge < -0.3 is 15.5 Å². The number of amides is 3. The molecule has 7 heteroatoms. The van der Waals surface area contributed by atoms with Crippen molar-refractivity contribution in [1.29, 1.82) is 0 Å². The highest BCUT2D eigenvalue weighted by molar-refractivity contribution is 5.96. The summed E-state index contributed by atoms with van der Waals surface area (Å²) >= 11 is 0. The first-order chi connectivity index (χ1) is 10.8. The Labute approximate surface area is 135 Å². The van der Waals surface area contributed by atoms with Gasteiger partial charge in [0.2, 0.25) is 11.8 Å². The molecule has 23 heavy (non-hydrogen) atoms. The predicted octanol–water partition coefficient (Wildman–Crippen LogP) is 0.929. The first-order valence-electron chi connectivity index (χ1n) is 7.44. The Morgan fingerprint density at radius 3 is 2.52 bits per heavy atom. The van der Waals surface area contributed by atoms with Gasteiger partial charge >= 0.3 is 0 Å². The molecule has 1 aromatic carbocycles. The molecular formula is C16H22FN3O3. The summed E-state index contributed by atoms with van der Waals surface area (Å²) in [6, 6.07) is 5.18. The number of hydrogen-bond donors (Lipinski definition) is 2. The van der Waals surface area contributed by atoms with E-state index in [1.54, 1.807) is 6.92 Å². The third kappa shape index (κ3) is 6.46. The van der Waals surface area contributed by atoms with Crippen molar-refractivity contribution in [3.63, 3.8) is 0 Å². The quantitative estimate of drug-likeness (QED) is 0.783. The van der Waals surface area contributed by atoms with Crippen LogP contribution in [0, 0.1) is 5.82 Å². The van der Waals surface area contributed by atoms with Gasteiger partial charge in [0.1, 0.15) is 5.82 Å². The van der Waals surface area contributed by atoms with E-state index >= 15 is 0 Å². The van der Waals surface area contributed by atoms with E-state index in [1.807, 2.05) is 13.8 Å². The SMILES string of the molecule is CCN(CC(=O)NC(C)C)C(=O)CNC(=O)c1cccc(F)c1. The molecule has 126 valence electrons. The molecule has 0 unspecified atom stereocenters. The second kappa shape index (κ2) is 8.87. The van der Waals surface area contributed by atoms with Crippen molar-refractivity contribution in [2.24, 2.45) is 0 Å². The molecule has 1 aromatic rings. The molecule has 6 nitrogen and oxygen atoms in total. The summed E-state index contributed by atoms with van der Waals surface area (Å²) in [6.45, 7) is 5.43. The molecule has 0 saturated carbocycles. The number of carbonyl (C=O) groups excluding carboxylic acids is 3. The fourth-order valence-electron chi connectivity index (χ4n) is 1.92. The minimum atomic E-state index is -0.541. The number of benzene rings is 1. The zero-order valence-electron chi connectivity index (χ0n) is 13.6. The lowest BCUT2D eigenvalue weighted by molar-refractivity contribution is -0.135. The Kier molecular flexibility index (Phi) is 7.18. The molecule has 1 rings (SSSR count). The van der Waals surface area contributed by atoms with Crippen molar-refractivity contribution < 1.29 is 18.8 Å². The van der Waals surface area contributed by atoms with Crippen LogP contribution in [0.1, 0.15) is 31.1 Å². The summed E-state index contributed by atoms with van der Waals surface area (Å²) in [5.74, 6) is -1.70. The van der Waals surface area contributed by atoms with Gasteiger partial charge in [-0.2, -0.15) is 0 Å². The highest BCUT2D eigenvalue weighted by atomic mass is 19.1. The summed E-state index contributed by atoms with van der Waals surface area (Å²) < 4.78 is 13.1. The van der Waals surface area contributed by atoms with E-state index in [4.69, 9.17) is 0 Å². The van der Waals surface area contributed by atoms with Crippen LogP contribution >= 0.6 is 0 Å². The van der Waals surface area contributed by atoms with Gasteiger partial charge in [-0.05, 0) is 39.0 Å². The van der Waals surface area contributed by atoms with E-state index in [9.17, 15) is 18.8 Å². The molecule has 2 N–H and O–H groups in total. The Balaban J connectivity index is 2.53. The van der Waals surface area contributed by atoms with Gasteiger partial charge in [0, 0.05) is 18.2 Å². The molecular weight excluding hydrogens is 301 g/mol. The number of carbonyl (C=O) groups is 3. The maximum Gasteiger partial charge on any atom is 0.251 e. The summed E-state index contributed by atoms with van der Waals surface area (Å²) in [4.78, 5) is 36.9. The zero-order valence-corrected chi connectivity index (χ0v) is 13.6.